The van der Waals surface area contributed by atoms with Crippen molar-refractivity contribution in [1.29, 1.82) is 0 Å². The summed E-state index contributed by atoms with van der Waals surface area (Å²) in [6, 6.07) is 0. The second kappa shape index (κ2) is 3.40. The van der Waals surface area contributed by atoms with E-state index in [-0.39, 0.29) is 28.8 Å². The molecule has 4 nitrogen and oxygen atoms in total. The summed E-state index contributed by atoms with van der Waals surface area (Å²) in [6.07, 6.45) is 1.96. The Labute approximate surface area is 128 Å². The number of carbonyl (C=O) groups excluding carboxylic acids is 2. The van der Waals surface area contributed by atoms with Crippen LogP contribution in [0.3, 0.4) is 0 Å². The van der Waals surface area contributed by atoms with Crippen molar-refractivity contribution in [3.05, 3.63) is 10.6 Å². The molecule has 112 valence electrons. The maximum absolute atomic E-state index is 13.0. The fourth-order valence-electron chi connectivity index (χ4n) is 5.44. The minimum Gasteiger partial charge on any atom is -0.375 e. The lowest BCUT2D eigenvalue weighted by Gasteiger charge is -2.61. The van der Waals surface area contributed by atoms with Crippen LogP contribution in [0.2, 0.25) is 0 Å². The molecule has 0 amide bonds. The van der Waals surface area contributed by atoms with Gasteiger partial charge in [-0.1, -0.05) is 20.8 Å². The number of carbonyl (C=O) groups is 2. The van der Waals surface area contributed by atoms with Crippen LogP contribution in [-0.4, -0.2) is 16.6 Å². The van der Waals surface area contributed by atoms with Crippen LogP contribution in [-0.2, 0) is 20.4 Å². The number of hydrogen-bond donors (Lipinski definition) is 1. The van der Waals surface area contributed by atoms with Gasteiger partial charge in [-0.3, -0.25) is 9.59 Å². The standard InChI is InChI=1S/C16H20N2O2S/c1-7-5-6-8-14(2,3)15(4)10(19)11(20)16(7,8)9-12(15)21-13(17)18-9/h7-8H,5-6H2,1-4H3,(H2,17,18)/t7-,8-,15-,16-/m1/s1. The fourth-order valence-corrected chi connectivity index (χ4v) is 6.66. The van der Waals surface area contributed by atoms with Gasteiger partial charge in [0, 0.05) is 4.88 Å². The second-order valence-corrected chi connectivity index (χ2v) is 8.67. The van der Waals surface area contributed by atoms with E-state index in [2.05, 4.69) is 25.8 Å². The predicted molar refractivity (Wildman–Crippen MR) is 81.2 cm³/mol. The smallest absolute Gasteiger partial charge is 0.212 e. The third-order valence-corrected chi connectivity index (χ3v) is 8.01. The summed E-state index contributed by atoms with van der Waals surface area (Å²) in [5, 5.41) is 0.476. The molecule has 0 aromatic carbocycles. The van der Waals surface area contributed by atoms with Crippen molar-refractivity contribution in [3.8, 4) is 0 Å². The maximum Gasteiger partial charge on any atom is 0.212 e. The zero-order valence-electron chi connectivity index (χ0n) is 12.8. The van der Waals surface area contributed by atoms with E-state index >= 15 is 0 Å². The van der Waals surface area contributed by atoms with E-state index in [0.29, 0.717) is 5.13 Å². The molecular formula is C16H20N2O2S. The first-order valence-corrected chi connectivity index (χ1v) is 8.38. The lowest BCUT2D eigenvalue weighted by Crippen LogP contribution is -2.71. The number of fused-ring (bicyclic) bond motifs is 1. The first kappa shape index (κ1) is 13.4. The third kappa shape index (κ3) is 1.05. The number of thiazole rings is 1. The van der Waals surface area contributed by atoms with Gasteiger partial charge in [-0.25, -0.2) is 4.98 Å². The van der Waals surface area contributed by atoms with Crippen LogP contribution in [0.15, 0.2) is 0 Å². The molecule has 0 unspecified atom stereocenters. The number of nitrogens with two attached hydrogens (primary N) is 1. The van der Waals surface area contributed by atoms with Crippen LogP contribution in [0.5, 0.6) is 0 Å². The Morgan fingerprint density at radius 2 is 1.86 bits per heavy atom. The molecule has 1 aromatic rings. The van der Waals surface area contributed by atoms with Crippen LogP contribution < -0.4 is 5.73 Å². The third-order valence-electron chi connectivity index (χ3n) is 6.90. The van der Waals surface area contributed by atoms with E-state index in [4.69, 9.17) is 5.73 Å². The van der Waals surface area contributed by atoms with E-state index in [9.17, 15) is 9.59 Å². The Bertz CT molecular complexity index is 707. The van der Waals surface area contributed by atoms with Gasteiger partial charge in [0.15, 0.2) is 5.13 Å². The van der Waals surface area contributed by atoms with Crippen molar-refractivity contribution in [2.75, 3.05) is 5.73 Å². The number of ketones is 2. The van der Waals surface area contributed by atoms with Crippen LogP contribution >= 0.6 is 11.3 Å². The molecule has 2 saturated carbocycles. The van der Waals surface area contributed by atoms with Crippen molar-refractivity contribution >= 4 is 28.0 Å². The van der Waals surface area contributed by atoms with Crippen LogP contribution in [0.25, 0.3) is 0 Å². The van der Waals surface area contributed by atoms with Crippen molar-refractivity contribution in [1.82, 2.24) is 4.98 Å². The number of hydrogen-bond acceptors (Lipinski definition) is 5. The van der Waals surface area contributed by atoms with Gasteiger partial charge in [0.1, 0.15) is 0 Å². The highest BCUT2D eigenvalue weighted by Gasteiger charge is 2.77. The van der Waals surface area contributed by atoms with Crippen LogP contribution in [0.1, 0.15) is 51.1 Å². The number of Topliss-reactive ketones (excluding diaryl/α,β-unsaturated/α-hetero) is 2. The number of nitrogen functional groups attached to an aromatic ring is 1. The number of rotatable bonds is 0. The van der Waals surface area contributed by atoms with E-state index in [0.717, 1.165) is 23.4 Å². The topological polar surface area (TPSA) is 73.0 Å². The van der Waals surface area contributed by atoms with Crippen molar-refractivity contribution < 1.29 is 9.59 Å². The molecule has 2 N–H and O–H groups in total. The van der Waals surface area contributed by atoms with Gasteiger partial charge in [0.25, 0.3) is 0 Å². The quantitative estimate of drug-likeness (QED) is 0.747. The largest absolute Gasteiger partial charge is 0.375 e. The molecule has 5 heteroatoms. The zero-order valence-corrected chi connectivity index (χ0v) is 13.6. The lowest BCUT2D eigenvalue weighted by molar-refractivity contribution is -0.160. The lowest BCUT2D eigenvalue weighted by atomic mass is 9.39. The molecule has 1 spiro atoms. The Balaban J connectivity index is 2.19. The average molecular weight is 304 g/mol. The van der Waals surface area contributed by atoms with E-state index in [1.807, 2.05) is 6.92 Å². The minimum atomic E-state index is -0.773. The highest BCUT2D eigenvalue weighted by atomic mass is 32.1. The zero-order chi connectivity index (χ0) is 15.4. The van der Waals surface area contributed by atoms with Gasteiger partial charge in [0.2, 0.25) is 11.6 Å². The van der Waals surface area contributed by atoms with Crippen molar-refractivity contribution in [2.24, 2.45) is 17.3 Å². The summed E-state index contributed by atoms with van der Waals surface area (Å²) in [7, 11) is 0. The molecule has 2 fully saturated rings. The molecule has 4 atom stereocenters. The monoisotopic (exact) mass is 304 g/mol. The summed E-state index contributed by atoms with van der Waals surface area (Å²) in [6.45, 7) is 8.31. The summed E-state index contributed by atoms with van der Waals surface area (Å²) in [5.74, 6) is -0.0988. The van der Waals surface area contributed by atoms with Crippen molar-refractivity contribution in [2.45, 2.75) is 51.4 Å². The predicted octanol–water partition coefficient (Wildman–Crippen LogP) is 2.46. The highest BCUT2D eigenvalue weighted by Crippen LogP contribution is 2.71. The molecule has 4 aliphatic carbocycles. The van der Waals surface area contributed by atoms with Gasteiger partial charge < -0.3 is 5.73 Å². The number of aromatic nitrogens is 1. The van der Waals surface area contributed by atoms with Gasteiger partial charge in [-0.05, 0) is 37.0 Å². The Morgan fingerprint density at radius 3 is 2.52 bits per heavy atom. The van der Waals surface area contributed by atoms with E-state index in [1.54, 1.807) is 0 Å². The molecule has 5 rings (SSSR count). The highest BCUT2D eigenvalue weighted by molar-refractivity contribution is 7.16. The van der Waals surface area contributed by atoms with Gasteiger partial charge in [0.05, 0.1) is 16.5 Å². The fraction of sp³-hybridized carbons (Fsp3) is 0.688. The molecule has 1 heterocycles. The number of nitrogens with zero attached hydrogens (tertiary/aromatic N) is 1. The Hall–Kier alpha value is -1.23. The molecule has 0 aliphatic heterocycles. The SMILES string of the molecule is C[C@@H]1CC[C@@H]2C(C)(C)[C@]3(C)C(=O)C(=O)[C@]12c1nc(N)sc13. The summed E-state index contributed by atoms with van der Waals surface area (Å²) in [4.78, 5) is 31.5. The van der Waals surface area contributed by atoms with Crippen LogP contribution in [0.4, 0.5) is 5.13 Å². The summed E-state index contributed by atoms with van der Waals surface area (Å²) < 4.78 is 0. The molecular weight excluding hydrogens is 284 g/mol. The normalized spacial score (nSPS) is 43.0. The van der Waals surface area contributed by atoms with Gasteiger partial charge in [-0.2, -0.15) is 0 Å². The molecule has 2 bridgehead atoms. The molecule has 0 saturated heterocycles. The van der Waals surface area contributed by atoms with Crippen molar-refractivity contribution in [3.63, 3.8) is 0 Å². The summed E-state index contributed by atoms with van der Waals surface area (Å²) in [5.41, 5.74) is 5.05. The molecule has 21 heavy (non-hydrogen) atoms. The Morgan fingerprint density at radius 1 is 1.19 bits per heavy atom. The van der Waals surface area contributed by atoms with Gasteiger partial charge in [-0.15, -0.1) is 11.3 Å². The molecule has 0 radical (unpaired) electrons. The second-order valence-electron chi connectivity index (χ2n) is 7.63. The van der Waals surface area contributed by atoms with Gasteiger partial charge >= 0.3 is 0 Å². The first-order chi connectivity index (χ1) is 9.70. The summed E-state index contributed by atoms with van der Waals surface area (Å²) >= 11 is 1.40. The number of anilines is 1. The van der Waals surface area contributed by atoms with E-state index in [1.165, 1.54) is 11.3 Å². The Kier molecular flexibility index (Phi) is 2.17. The maximum atomic E-state index is 13.0. The molecule has 4 aliphatic rings. The average Bonchev–Trinajstić information content (AvgIpc) is 2.95. The first-order valence-electron chi connectivity index (χ1n) is 7.56. The van der Waals surface area contributed by atoms with Crippen LogP contribution in [0, 0.1) is 17.3 Å². The van der Waals surface area contributed by atoms with E-state index < -0.39 is 10.8 Å². The molecule has 1 aromatic heterocycles. The minimum absolute atomic E-state index is 0.156.